The number of benzene rings is 1. The predicted molar refractivity (Wildman–Crippen MR) is 96.5 cm³/mol. The number of likely N-dealkylation sites (N-methyl/N-ethyl adjacent to an activating group) is 1. The van der Waals surface area contributed by atoms with Crippen molar-refractivity contribution in [3.05, 3.63) is 58.6 Å². The van der Waals surface area contributed by atoms with E-state index in [1.54, 1.807) is 19.3 Å². The topological polar surface area (TPSA) is 65.5 Å². The lowest BCUT2D eigenvalue weighted by Gasteiger charge is -2.17. The van der Waals surface area contributed by atoms with Crippen molar-refractivity contribution in [3.8, 4) is 0 Å². The summed E-state index contributed by atoms with van der Waals surface area (Å²) >= 11 is 5.97. The summed E-state index contributed by atoms with van der Waals surface area (Å²) in [5.41, 5.74) is 2.09. The molecule has 0 bridgehead atoms. The minimum absolute atomic E-state index is 0.155. The number of amides is 3. The van der Waals surface area contributed by atoms with Gasteiger partial charge in [0.2, 0.25) is 5.91 Å². The highest BCUT2D eigenvalue weighted by Crippen LogP contribution is 2.23. The Bertz CT molecular complexity index is 844. The summed E-state index contributed by atoms with van der Waals surface area (Å²) in [5, 5.41) is 3.00. The number of nitrogens with zero attached hydrogens (tertiary/aromatic N) is 3. The van der Waals surface area contributed by atoms with Gasteiger partial charge in [0, 0.05) is 24.3 Å². The lowest BCUT2D eigenvalue weighted by Crippen LogP contribution is -2.43. The van der Waals surface area contributed by atoms with Crippen LogP contribution in [-0.4, -0.2) is 41.5 Å². The maximum atomic E-state index is 13.1. The molecular formula is C18H18ClFN4O2. The van der Waals surface area contributed by atoms with Crippen molar-refractivity contribution < 1.29 is 14.0 Å². The van der Waals surface area contributed by atoms with Crippen molar-refractivity contribution in [1.82, 2.24) is 15.2 Å². The summed E-state index contributed by atoms with van der Waals surface area (Å²) in [7, 11) is 1.58. The van der Waals surface area contributed by atoms with E-state index in [9.17, 15) is 14.0 Å². The van der Waals surface area contributed by atoms with E-state index in [-0.39, 0.29) is 30.1 Å². The molecule has 1 atom stereocenters. The summed E-state index contributed by atoms with van der Waals surface area (Å²) < 4.78 is 13.1. The molecule has 6 nitrogen and oxygen atoms in total. The van der Waals surface area contributed by atoms with Crippen LogP contribution in [0.1, 0.15) is 11.3 Å². The van der Waals surface area contributed by atoms with Crippen molar-refractivity contribution in [1.29, 1.82) is 0 Å². The predicted octanol–water partition coefficient (Wildman–Crippen LogP) is 2.74. The van der Waals surface area contributed by atoms with Crippen LogP contribution in [0.4, 0.5) is 14.9 Å². The van der Waals surface area contributed by atoms with Crippen molar-refractivity contribution in [2.45, 2.75) is 19.5 Å². The zero-order valence-corrected chi connectivity index (χ0v) is 15.1. The molecule has 1 aromatic carbocycles. The molecule has 3 rings (SSSR count). The Labute approximate surface area is 155 Å². The first-order valence-electron chi connectivity index (χ1n) is 8.05. The third-order valence-electron chi connectivity index (χ3n) is 4.33. The first-order chi connectivity index (χ1) is 12.4. The highest BCUT2D eigenvalue weighted by molar-refractivity contribution is 6.31. The minimum Gasteiger partial charge on any atom is -0.350 e. The molecule has 2 aromatic rings. The molecule has 1 saturated heterocycles. The molecule has 0 spiro atoms. The molecule has 26 heavy (non-hydrogen) atoms. The van der Waals surface area contributed by atoms with Crippen LogP contribution in [0, 0.1) is 12.7 Å². The normalized spacial score (nSPS) is 16.9. The molecule has 0 aliphatic carbocycles. The van der Waals surface area contributed by atoms with E-state index in [1.165, 1.54) is 28.0 Å². The highest BCUT2D eigenvalue weighted by atomic mass is 35.5. The Morgan fingerprint density at radius 3 is 2.81 bits per heavy atom. The SMILES string of the molecule is Cc1ccc(N2CC(C(=O)NCc3ccc(F)cc3Cl)N(C)C2=O)cn1. The fourth-order valence-electron chi connectivity index (χ4n) is 2.76. The molecule has 3 amide bonds. The van der Waals surface area contributed by atoms with Crippen LogP contribution >= 0.6 is 11.6 Å². The van der Waals surface area contributed by atoms with Gasteiger partial charge >= 0.3 is 6.03 Å². The van der Waals surface area contributed by atoms with Gasteiger partial charge in [0.15, 0.2) is 0 Å². The van der Waals surface area contributed by atoms with Crippen molar-refractivity contribution in [2.75, 3.05) is 18.5 Å². The van der Waals surface area contributed by atoms with Gasteiger partial charge in [-0.2, -0.15) is 0 Å². The number of hydrogen-bond acceptors (Lipinski definition) is 3. The van der Waals surface area contributed by atoms with Crippen LogP contribution < -0.4 is 10.2 Å². The minimum atomic E-state index is -0.636. The van der Waals surface area contributed by atoms with Crippen LogP contribution in [0.3, 0.4) is 0 Å². The number of carbonyl (C=O) groups is 2. The van der Waals surface area contributed by atoms with E-state index < -0.39 is 11.9 Å². The van der Waals surface area contributed by atoms with Gasteiger partial charge < -0.3 is 10.2 Å². The van der Waals surface area contributed by atoms with Crippen LogP contribution in [-0.2, 0) is 11.3 Å². The van der Waals surface area contributed by atoms with Crippen LogP contribution in [0.5, 0.6) is 0 Å². The van der Waals surface area contributed by atoms with Crippen molar-refractivity contribution in [2.24, 2.45) is 0 Å². The molecule has 1 N–H and O–H groups in total. The van der Waals surface area contributed by atoms with Crippen LogP contribution in [0.25, 0.3) is 0 Å². The largest absolute Gasteiger partial charge is 0.350 e. The number of carbonyl (C=O) groups excluding carboxylic acids is 2. The maximum absolute atomic E-state index is 13.1. The maximum Gasteiger partial charge on any atom is 0.325 e. The van der Waals surface area contributed by atoms with E-state index >= 15 is 0 Å². The fourth-order valence-corrected chi connectivity index (χ4v) is 2.99. The molecule has 1 unspecified atom stereocenters. The first kappa shape index (κ1) is 18.1. The molecule has 0 saturated carbocycles. The second-order valence-electron chi connectivity index (χ2n) is 6.13. The number of aryl methyl sites for hydroxylation is 1. The lowest BCUT2D eigenvalue weighted by molar-refractivity contribution is -0.124. The van der Waals surface area contributed by atoms with E-state index in [1.807, 2.05) is 13.0 Å². The molecule has 8 heteroatoms. The molecule has 2 heterocycles. The zero-order chi connectivity index (χ0) is 18.8. The Morgan fingerprint density at radius 1 is 1.38 bits per heavy atom. The third kappa shape index (κ3) is 3.62. The zero-order valence-electron chi connectivity index (χ0n) is 14.4. The lowest BCUT2D eigenvalue weighted by atomic mass is 10.2. The van der Waals surface area contributed by atoms with E-state index in [0.29, 0.717) is 11.3 Å². The monoisotopic (exact) mass is 376 g/mol. The third-order valence-corrected chi connectivity index (χ3v) is 4.69. The second kappa shape index (κ2) is 7.29. The Morgan fingerprint density at radius 2 is 2.15 bits per heavy atom. The number of urea groups is 1. The molecular weight excluding hydrogens is 359 g/mol. The summed E-state index contributed by atoms with van der Waals surface area (Å²) in [6.07, 6.45) is 1.61. The summed E-state index contributed by atoms with van der Waals surface area (Å²) in [6.45, 7) is 2.24. The highest BCUT2D eigenvalue weighted by Gasteiger charge is 2.39. The molecule has 136 valence electrons. The van der Waals surface area contributed by atoms with E-state index in [0.717, 1.165) is 5.69 Å². The quantitative estimate of drug-likeness (QED) is 0.892. The van der Waals surface area contributed by atoms with Gasteiger partial charge in [0.1, 0.15) is 11.9 Å². The average molecular weight is 377 g/mol. The molecule has 1 fully saturated rings. The summed E-state index contributed by atoms with van der Waals surface area (Å²) in [6, 6.07) is 6.70. The van der Waals surface area contributed by atoms with Crippen LogP contribution in [0.2, 0.25) is 5.02 Å². The first-order valence-corrected chi connectivity index (χ1v) is 8.43. The smallest absolute Gasteiger partial charge is 0.325 e. The van der Waals surface area contributed by atoms with Crippen molar-refractivity contribution in [3.63, 3.8) is 0 Å². The Kier molecular flexibility index (Phi) is 5.08. The van der Waals surface area contributed by atoms with Gasteiger partial charge in [0.25, 0.3) is 0 Å². The van der Waals surface area contributed by atoms with Crippen LogP contribution in [0.15, 0.2) is 36.5 Å². The van der Waals surface area contributed by atoms with Gasteiger partial charge in [0.05, 0.1) is 18.4 Å². The van der Waals surface area contributed by atoms with Gasteiger partial charge in [-0.15, -0.1) is 0 Å². The number of aromatic nitrogens is 1. The second-order valence-corrected chi connectivity index (χ2v) is 6.54. The van der Waals surface area contributed by atoms with E-state index in [4.69, 9.17) is 11.6 Å². The summed E-state index contributed by atoms with van der Waals surface area (Å²) in [4.78, 5) is 32.1. The number of pyridine rings is 1. The molecule has 0 radical (unpaired) electrons. The standard InChI is InChI=1S/C18H18ClFN4O2/c1-11-3-6-14(9-21-11)24-10-16(23(2)18(24)26)17(25)22-8-12-4-5-13(20)7-15(12)19/h3-7,9,16H,8,10H2,1-2H3,(H,22,25). The number of halogens is 2. The molecule has 1 aliphatic rings. The van der Waals surface area contributed by atoms with E-state index in [2.05, 4.69) is 10.3 Å². The molecule has 1 aliphatic heterocycles. The molecule has 1 aromatic heterocycles. The van der Waals surface area contributed by atoms with Gasteiger partial charge in [-0.3, -0.25) is 14.7 Å². The average Bonchev–Trinajstić information content (AvgIpc) is 2.90. The Hall–Kier alpha value is -2.67. The van der Waals surface area contributed by atoms with Gasteiger partial charge in [-0.05, 0) is 36.8 Å². The van der Waals surface area contributed by atoms with Gasteiger partial charge in [-0.1, -0.05) is 17.7 Å². The summed E-state index contributed by atoms with van der Waals surface area (Å²) in [5.74, 6) is -0.739. The van der Waals surface area contributed by atoms with Gasteiger partial charge in [-0.25, -0.2) is 9.18 Å². The number of rotatable bonds is 4. The number of nitrogens with one attached hydrogen (secondary N) is 1. The number of anilines is 1. The Balaban J connectivity index is 1.67. The number of hydrogen-bond donors (Lipinski definition) is 1. The fraction of sp³-hybridized carbons (Fsp3) is 0.278. The van der Waals surface area contributed by atoms with Crippen molar-refractivity contribution >= 4 is 29.2 Å².